The lowest BCUT2D eigenvalue weighted by Gasteiger charge is -2.17. The normalized spacial score (nSPS) is 18.9. The van der Waals surface area contributed by atoms with Crippen molar-refractivity contribution < 1.29 is 19.4 Å². The Morgan fingerprint density at radius 1 is 1.47 bits per heavy atom. The number of carboxylic acids is 1. The van der Waals surface area contributed by atoms with E-state index in [0.29, 0.717) is 19.0 Å². The van der Waals surface area contributed by atoms with E-state index in [0.717, 1.165) is 19.4 Å². The number of amides is 2. The van der Waals surface area contributed by atoms with Crippen molar-refractivity contribution >= 4 is 12.0 Å². The second kappa shape index (κ2) is 7.99. The number of likely N-dealkylation sites (tertiary alicyclic amines) is 1. The molecule has 0 aromatic heterocycles. The van der Waals surface area contributed by atoms with E-state index in [1.165, 1.54) is 0 Å². The Bertz CT molecular complexity index is 307. The zero-order valence-corrected chi connectivity index (χ0v) is 11.7. The minimum Gasteiger partial charge on any atom is -0.481 e. The van der Waals surface area contributed by atoms with Gasteiger partial charge in [-0.2, -0.15) is 0 Å². The first-order valence-corrected chi connectivity index (χ1v) is 6.85. The fourth-order valence-electron chi connectivity index (χ4n) is 1.91. The minimum absolute atomic E-state index is 0.0477. The van der Waals surface area contributed by atoms with E-state index in [1.807, 2.05) is 0 Å². The highest BCUT2D eigenvalue weighted by molar-refractivity contribution is 5.75. The molecule has 1 rings (SSSR count). The van der Waals surface area contributed by atoms with Gasteiger partial charge in [-0.3, -0.25) is 4.79 Å². The van der Waals surface area contributed by atoms with Crippen molar-refractivity contribution in [1.82, 2.24) is 10.2 Å². The number of nitrogens with zero attached hydrogens (tertiary/aromatic N) is 1. The molecule has 1 heterocycles. The zero-order valence-electron chi connectivity index (χ0n) is 11.7. The summed E-state index contributed by atoms with van der Waals surface area (Å²) in [5.41, 5.74) is 0. The Balaban J connectivity index is 2.16. The van der Waals surface area contributed by atoms with E-state index in [1.54, 1.807) is 4.90 Å². The molecule has 1 atom stereocenters. The maximum Gasteiger partial charge on any atom is 0.317 e. The van der Waals surface area contributed by atoms with Gasteiger partial charge in [-0.25, -0.2) is 4.79 Å². The van der Waals surface area contributed by atoms with E-state index in [2.05, 4.69) is 19.2 Å². The average Bonchev–Trinajstić information content (AvgIpc) is 2.76. The van der Waals surface area contributed by atoms with E-state index in [9.17, 15) is 9.59 Å². The lowest BCUT2D eigenvalue weighted by atomic mass is 10.1. The van der Waals surface area contributed by atoms with Gasteiger partial charge in [-0.1, -0.05) is 13.8 Å². The van der Waals surface area contributed by atoms with E-state index >= 15 is 0 Å². The second-order valence-electron chi connectivity index (χ2n) is 5.29. The molecule has 0 bridgehead atoms. The molecule has 2 N–H and O–H groups in total. The molecule has 0 aromatic carbocycles. The summed E-state index contributed by atoms with van der Waals surface area (Å²) in [4.78, 5) is 23.7. The van der Waals surface area contributed by atoms with Crippen LogP contribution in [0.1, 0.15) is 33.1 Å². The molecule has 1 saturated heterocycles. The highest BCUT2D eigenvalue weighted by Gasteiger charge is 2.26. The first kappa shape index (κ1) is 15.8. The summed E-state index contributed by atoms with van der Waals surface area (Å²) < 4.78 is 5.72. The molecule has 1 unspecified atom stereocenters. The third kappa shape index (κ3) is 6.42. The van der Waals surface area contributed by atoms with Crippen molar-refractivity contribution in [1.29, 1.82) is 0 Å². The van der Waals surface area contributed by atoms with Crippen LogP contribution in [0, 0.1) is 5.92 Å². The number of carbonyl (C=O) groups is 2. The number of carboxylic acid groups (broad SMARTS) is 1. The van der Waals surface area contributed by atoms with Crippen LogP contribution in [0.25, 0.3) is 0 Å². The third-order valence-corrected chi connectivity index (χ3v) is 3.10. The SMILES string of the molecule is CC(C)CCOC1CCN(C(=O)NCCC(=O)O)C1. The second-order valence-corrected chi connectivity index (χ2v) is 5.29. The predicted molar refractivity (Wildman–Crippen MR) is 71.0 cm³/mol. The molecule has 6 heteroatoms. The Hall–Kier alpha value is -1.30. The Morgan fingerprint density at radius 3 is 2.84 bits per heavy atom. The van der Waals surface area contributed by atoms with Crippen LogP contribution in [0.5, 0.6) is 0 Å². The highest BCUT2D eigenvalue weighted by atomic mass is 16.5. The first-order chi connectivity index (χ1) is 8.99. The van der Waals surface area contributed by atoms with Crippen LogP contribution in [0.15, 0.2) is 0 Å². The van der Waals surface area contributed by atoms with E-state index in [-0.39, 0.29) is 25.1 Å². The topological polar surface area (TPSA) is 78.9 Å². The fraction of sp³-hybridized carbons (Fsp3) is 0.846. The van der Waals surface area contributed by atoms with Gasteiger partial charge in [-0.05, 0) is 18.8 Å². The van der Waals surface area contributed by atoms with Crippen LogP contribution in [0.3, 0.4) is 0 Å². The fourth-order valence-corrected chi connectivity index (χ4v) is 1.91. The molecule has 0 radical (unpaired) electrons. The molecule has 0 aromatic rings. The molecular formula is C13H24N2O4. The number of carbonyl (C=O) groups excluding carboxylic acids is 1. The van der Waals surface area contributed by atoms with Gasteiger partial charge in [0.2, 0.25) is 0 Å². The van der Waals surface area contributed by atoms with Crippen LogP contribution in [0.4, 0.5) is 4.79 Å². The van der Waals surface area contributed by atoms with Crippen LogP contribution in [-0.4, -0.2) is 54.4 Å². The number of nitrogens with one attached hydrogen (secondary N) is 1. The molecule has 19 heavy (non-hydrogen) atoms. The maximum atomic E-state index is 11.7. The standard InChI is InChI=1S/C13H24N2O4/c1-10(2)5-8-19-11-4-7-15(9-11)13(18)14-6-3-12(16)17/h10-11H,3-9H2,1-2H3,(H,14,18)(H,16,17). The van der Waals surface area contributed by atoms with Crippen molar-refractivity contribution in [3.05, 3.63) is 0 Å². The summed E-state index contributed by atoms with van der Waals surface area (Å²) in [7, 11) is 0. The summed E-state index contributed by atoms with van der Waals surface area (Å²) in [5.74, 6) is -0.284. The maximum absolute atomic E-state index is 11.7. The van der Waals surface area contributed by atoms with Crippen LogP contribution < -0.4 is 5.32 Å². The Kier molecular flexibility index (Phi) is 6.62. The highest BCUT2D eigenvalue weighted by Crippen LogP contribution is 2.13. The number of hydrogen-bond acceptors (Lipinski definition) is 3. The monoisotopic (exact) mass is 272 g/mol. The molecule has 1 fully saturated rings. The van der Waals surface area contributed by atoms with Gasteiger partial charge >= 0.3 is 12.0 Å². The summed E-state index contributed by atoms with van der Waals surface area (Å²) >= 11 is 0. The largest absolute Gasteiger partial charge is 0.481 e. The number of hydrogen-bond donors (Lipinski definition) is 2. The number of rotatable bonds is 7. The minimum atomic E-state index is -0.906. The van der Waals surface area contributed by atoms with Gasteiger partial charge in [0.15, 0.2) is 0 Å². The summed E-state index contributed by atoms with van der Waals surface area (Å²) in [6, 6.07) is -0.198. The van der Waals surface area contributed by atoms with Crippen molar-refractivity contribution in [3.8, 4) is 0 Å². The predicted octanol–water partition coefficient (Wildman–Crippen LogP) is 1.31. The van der Waals surface area contributed by atoms with Crippen LogP contribution in [-0.2, 0) is 9.53 Å². The van der Waals surface area contributed by atoms with Gasteiger partial charge in [0, 0.05) is 26.2 Å². The zero-order chi connectivity index (χ0) is 14.3. The molecule has 2 amide bonds. The lowest BCUT2D eigenvalue weighted by Crippen LogP contribution is -2.40. The van der Waals surface area contributed by atoms with Crippen molar-refractivity contribution in [2.24, 2.45) is 5.92 Å². The van der Waals surface area contributed by atoms with Gasteiger partial charge in [0.25, 0.3) is 0 Å². The third-order valence-electron chi connectivity index (χ3n) is 3.10. The van der Waals surface area contributed by atoms with Crippen LogP contribution >= 0.6 is 0 Å². The molecule has 1 aliphatic rings. The van der Waals surface area contributed by atoms with Crippen LogP contribution in [0.2, 0.25) is 0 Å². The summed E-state index contributed by atoms with van der Waals surface area (Å²) in [6.45, 7) is 6.48. The average molecular weight is 272 g/mol. The molecule has 1 aliphatic heterocycles. The summed E-state index contributed by atoms with van der Waals surface area (Å²) in [6.07, 6.45) is 1.95. The number of ether oxygens (including phenoxy) is 1. The summed E-state index contributed by atoms with van der Waals surface area (Å²) in [5, 5.41) is 11.1. The van der Waals surface area contributed by atoms with Gasteiger partial charge in [-0.15, -0.1) is 0 Å². The smallest absolute Gasteiger partial charge is 0.317 e. The van der Waals surface area contributed by atoms with Gasteiger partial charge < -0.3 is 20.1 Å². The molecule has 0 spiro atoms. The molecular weight excluding hydrogens is 248 g/mol. The molecule has 0 saturated carbocycles. The molecule has 110 valence electrons. The molecule has 0 aliphatic carbocycles. The van der Waals surface area contributed by atoms with E-state index < -0.39 is 5.97 Å². The van der Waals surface area contributed by atoms with Crippen molar-refractivity contribution in [2.75, 3.05) is 26.2 Å². The quantitative estimate of drug-likeness (QED) is 0.732. The van der Waals surface area contributed by atoms with Gasteiger partial charge in [0.05, 0.1) is 12.5 Å². The first-order valence-electron chi connectivity index (χ1n) is 6.85. The van der Waals surface area contributed by atoms with Gasteiger partial charge in [0.1, 0.15) is 0 Å². The Morgan fingerprint density at radius 2 is 2.21 bits per heavy atom. The van der Waals surface area contributed by atoms with E-state index in [4.69, 9.17) is 9.84 Å². The Labute approximate surface area is 114 Å². The lowest BCUT2D eigenvalue weighted by molar-refractivity contribution is -0.136. The number of aliphatic carboxylic acids is 1. The van der Waals surface area contributed by atoms with Crippen molar-refractivity contribution in [3.63, 3.8) is 0 Å². The molecule has 6 nitrogen and oxygen atoms in total. The number of urea groups is 1. The van der Waals surface area contributed by atoms with Crippen molar-refractivity contribution in [2.45, 2.75) is 39.2 Å².